The van der Waals surface area contributed by atoms with E-state index in [0.29, 0.717) is 12.6 Å². The first-order valence-electron chi connectivity index (χ1n) is 4.45. The number of hydrogen-bond acceptors (Lipinski definition) is 3. The van der Waals surface area contributed by atoms with E-state index in [2.05, 4.69) is 10.6 Å². The van der Waals surface area contributed by atoms with E-state index in [1.54, 1.807) is 0 Å². The Balaban J connectivity index is 2.25. The predicted molar refractivity (Wildman–Crippen MR) is 47.6 cm³/mol. The summed E-state index contributed by atoms with van der Waals surface area (Å²) >= 11 is 0. The van der Waals surface area contributed by atoms with Crippen LogP contribution in [0.15, 0.2) is 0 Å². The van der Waals surface area contributed by atoms with Crippen LogP contribution in [0, 0.1) is 5.92 Å². The topological polar surface area (TPSA) is 67.2 Å². The fourth-order valence-corrected chi connectivity index (χ4v) is 1.23. The first-order chi connectivity index (χ1) is 5.74. The molecule has 1 amide bonds. The van der Waals surface area contributed by atoms with E-state index in [1.165, 1.54) is 0 Å². The van der Waals surface area contributed by atoms with E-state index in [-0.39, 0.29) is 11.8 Å². The van der Waals surface area contributed by atoms with Crippen LogP contribution in [0.3, 0.4) is 0 Å². The largest absolute Gasteiger partial charge is 0.352 e. The van der Waals surface area contributed by atoms with Gasteiger partial charge in [0.15, 0.2) is 0 Å². The lowest BCUT2D eigenvalue weighted by atomic mass is 10.1. The Hall–Kier alpha value is -0.610. The van der Waals surface area contributed by atoms with Gasteiger partial charge in [0.25, 0.3) is 0 Å². The summed E-state index contributed by atoms with van der Waals surface area (Å²) in [7, 11) is 0. The van der Waals surface area contributed by atoms with Crippen LogP contribution >= 0.6 is 0 Å². The van der Waals surface area contributed by atoms with Gasteiger partial charge in [-0.3, -0.25) is 4.79 Å². The van der Waals surface area contributed by atoms with E-state index >= 15 is 0 Å². The van der Waals surface area contributed by atoms with E-state index in [1.807, 2.05) is 6.92 Å². The molecule has 0 bridgehead atoms. The molecule has 0 aromatic carbocycles. The molecule has 4 nitrogen and oxygen atoms in total. The van der Waals surface area contributed by atoms with Crippen molar-refractivity contribution in [2.45, 2.75) is 19.4 Å². The Morgan fingerprint density at radius 2 is 2.58 bits per heavy atom. The summed E-state index contributed by atoms with van der Waals surface area (Å²) in [5, 5.41) is 6.14. The third-order valence-electron chi connectivity index (χ3n) is 2.21. The number of amides is 1. The third kappa shape index (κ3) is 2.46. The summed E-state index contributed by atoms with van der Waals surface area (Å²) in [5.74, 6) is 0.0109. The molecule has 70 valence electrons. The fraction of sp³-hybridized carbons (Fsp3) is 0.875. The smallest absolute Gasteiger partial charge is 0.224 e. The molecule has 1 rings (SSSR count). The zero-order chi connectivity index (χ0) is 8.97. The third-order valence-corrected chi connectivity index (χ3v) is 2.21. The van der Waals surface area contributed by atoms with Gasteiger partial charge in [0, 0.05) is 25.0 Å². The molecule has 1 aliphatic heterocycles. The monoisotopic (exact) mass is 171 g/mol. The van der Waals surface area contributed by atoms with Crippen LogP contribution in [0.5, 0.6) is 0 Å². The van der Waals surface area contributed by atoms with Crippen LogP contribution in [0.2, 0.25) is 0 Å². The standard InChI is InChI=1S/C8H17N3O/c1-6(4-9)8(12)11-7-2-3-10-5-7/h6-7,10H,2-5,9H2,1H3,(H,11,12). The van der Waals surface area contributed by atoms with Gasteiger partial charge in [0.1, 0.15) is 0 Å². The normalized spacial score (nSPS) is 25.3. The molecule has 4 N–H and O–H groups in total. The van der Waals surface area contributed by atoms with Gasteiger partial charge in [-0.05, 0) is 13.0 Å². The summed E-state index contributed by atoms with van der Waals surface area (Å²) < 4.78 is 0. The first kappa shape index (κ1) is 9.48. The summed E-state index contributed by atoms with van der Waals surface area (Å²) in [6.07, 6.45) is 1.03. The van der Waals surface area contributed by atoms with Crippen molar-refractivity contribution in [2.75, 3.05) is 19.6 Å². The van der Waals surface area contributed by atoms with Gasteiger partial charge in [-0.15, -0.1) is 0 Å². The Labute approximate surface area is 72.9 Å². The zero-order valence-electron chi connectivity index (χ0n) is 7.47. The van der Waals surface area contributed by atoms with Gasteiger partial charge < -0.3 is 16.4 Å². The van der Waals surface area contributed by atoms with Crippen molar-refractivity contribution < 1.29 is 4.79 Å². The molecule has 0 aromatic heterocycles. The van der Waals surface area contributed by atoms with Crippen molar-refractivity contribution in [3.05, 3.63) is 0 Å². The molecule has 0 radical (unpaired) electrons. The zero-order valence-corrected chi connectivity index (χ0v) is 7.47. The van der Waals surface area contributed by atoms with Crippen LogP contribution in [0.25, 0.3) is 0 Å². The van der Waals surface area contributed by atoms with Crippen molar-refractivity contribution in [2.24, 2.45) is 11.7 Å². The van der Waals surface area contributed by atoms with Crippen LogP contribution in [-0.2, 0) is 4.79 Å². The Morgan fingerprint density at radius 3 is 3.08 bits per heavy atom. The highest BCUT2D eigenvalue weighted by Crippen LogP contribution is 1.99. The van der Waals surface area contributed by atoms with Gasteiger partial charge in [-0.2, -0.15) is 0 Å². The van der Waals surface area contributed by atoms with Gasteiger partial charge in [-0.1, -0.05) is 6.92 Å². The molecule has 0 spiro atoms. The van der Waals surface area contributed by atoms with E-state index in [4.69, 9.17) is 5.73 Å². The van der Waals surface area contributed by atoms with Crippen molar-refractivity contribution >= 4 is 5.91 Å². The lowest BCUT2D eigenvalue weighted by Gasteiger charge is -2.14. The molecular formula is C8H17N3O. The number of carbonyl (C=O) groups excluding carboxylic acids is 1. The number of nitrogens with two attached hydrogens (primary N) is 1. The van der Waals surface area contributed by atoms with Gasteiger partial charge in [0.05, 0.1) is 0 Å². The summed E-state index contributed by atoms with van der Waals surface area (Å²) in [5.41, 5.74) is 5.37. The van der Waals surface area contributed by atoms with Crippen LogP contribution in [0.4, 0.5) is 0 Å². The maximum Gasteiger partial charge on any atom is 0.224 e. The van der Waals surface area contributed by atoms with Crippen LogP contribution in [-0.4, -0.2) is 31.6 Å². The quantitative estimate of drug-likeness (QED) is 0.513. The molecule has 4 heteroatoms. The van der Waals surface area contributed by atoms with Crippen molar-refractivity contribution in [3.8, 4) is 0 Å². The lowest BCUT2D eigenvalue weighted by Crippen LogP contribution is -2.41. The Kier molecular flexibility index (Phi) is 3.49. The molecule has 1 aliphatic rings. The molecule has 1 heterocycles. The number of nitrogens with one attached hydrogen (secondary N) is 2. The maximum absolute atomic E-state index is 11.3. The van der Waals surface area contributed by atoms with E-state index in [0.717, 1.165) is 19.5 Å². The summed E-state index contributed by atoms with van der Waals surface area (Å²) in [4.78, 5) is 11.3. The summed E-state index contributed by atoms with van der Waals surface area (Å²) in [6.45, 7) is 4.16. The Morgan fingerprint density at radius 1 is 1.83 bits per heavy atom. The molecular weight excluding hydrogens is 154 g/mol. The minimum Gasteiger partial charge on any atom is -0.352 e. The molecule has 1 fully saturated rings. The number of carbonyl (C=O) groups is 1. The van der Waals surface area contributed by atoms with Crippen molar-refractivity contribution in [1.82, 2.24) is 10.6 Å². The first-order valence-corrected chi connectivity index (χ1v) is 4.45. The highest BCUT2D eigenvalue weighted by molar-refractivity contribution is 5.78. The van der Waals surface area contributed by atoms with Gasteiger partial charge in [-0.25, -0.2) is 0 Å². The minimum absolute atomic E-state index is 0.0643. The van der Waals surface area contributed by atoms with Gasteiger partial charge >= 0.3 is 0 Å². The molecule has 2 atom stereocenters. The fourth-order valence-electron chi connectivity index (χ4n) is 1.23. The molecule has 0 aliphatic carbocycles. The van der Waals surface area contributed by atoms with Crippen LogP contribution < -0.4 is 16.4 Å². The van der Waals surface area contributed by atoms with Crippen LogP contribution in [0.1, 0.15) is 13.3 Å². The molecule has 0 saturated carbocycles. The second-order valence-corrected chi connectivity index (χ2v) is 3.34. The second kappa shape index (κ2) is 4.42. The SMILES string of the molecule is CC(CN)C(=O)NC1CCNC1. The Bertz CT molecular complexity index is 154. The average Bonchev–Trinajstić information content (AvgIpc) is 2.55. The molecule has 0 aromatic rings. The van der Waals surface area contributed by atoms with Crippen molar-refractivity contribution in [1.29, 1.82) is 0 Å². The van der Waals surface area contributed by atoms with Crippen molar-refractivity contribution in [3.63, 3.8) is 0 Å². The second-order valence-electron chi connectivity index (χ2n) is 3.34. The lowest BCUT2D eigenvalue weighted by molar-refractivity contribution is -0.124. The maximum atomic E-state index is 11.3. The van der Waals surface area contributed by atoms with Gasteiger partial charge in [0.2, 0.25) is 5.91 Å². The van der Waals surface area contributed by atoms with E-state index < -0.39 is 0 Å². The molecule has 2 unspecified atom stereocenters. The molecule has 12 heavy (non-hydrogen) atoms. The minimum atomic E-state index is -0.0643. The predicted octanol–water partition coefficient (Wildman–Crippen LogP) is -0.941. The average molecular weight is 171 g/mol. The number of rotatable bonds is 3. The molecule has 1 saturated heterocycles. The summed E-state index contributed by atoms with van der Waals surface area (Å²) in [6, 6.07) is 0.312. The highest BCUT2D eigenvalue weighted by atomic mass is 16.1. The van der Waals surface area contributed by atoms with E-state index in [9.17, 15) is 4.79 Å². The highest BCUT2D eigenvalue weighted by Gasteiger charge is 2.18. The number of hydrogen-bond donors (Lipinski definition) is 3.